The van der Waals surface area contributed by atoms with E-state index in [1.807, 2.05) is 0 Å². The Kier molecular flexibility index (Phi) is 4.88. The summed E-state index contributed by atoms with van der Waals surface area (Å²) in [6.07, 6.45) is 0. The van der Waals surface area contributed by atoms with Crippen LogP contribution in [0, 0.1) is 5.82 Å². The number of carbonyl (C=O) groups is 2. The molecule has 0 aliphatic rings. The Morgan fingerprint density at radius 1 is 1.09 bits per heavy atom. The summed E-state index contributed by atoms with van der Waals surface area (Å²) in [5, 5.41) is 0. The van der Waals surface area contributed by atoms with Crippen LogP contribution >= 0.6 is 0 Å². The van der Waals surface area contributed by atoms with Crippen molar-refractivity contribution in [3.63, 3.8) is 0 Å². The molecule has 0 saturated heterocycles. The van der Waals surface area contributed by atoms with Gasteiger partial charge in [0.15, 0.2) is 5.78 Å². The van der Waals surface area contributed by atoms with Gasteiger partial charge in [-0.2, -0.15) is 0 Å². The molecule has 0 saturated carbocycles. The van der Waals surface area contributed by atoms with E-state index in [9.17, 15) is 14.0 Å². The topological polar surface area (TPSA) is 52.6 Å². The van der Waals surface area contributed by atoms with Crippen molar-refractivity contribution in [1.82, 2.24) is 0 Å². The smallest absolute Gasteiger partial charge is 0.338 e. The van der Waals surface area contributed by atoms with E-state index in [0.717, 1.165) is 6.07 Å². The molecule has 114 valence electrons. The summed E-state index contributed by atoms with van der Waals surface area (Å²) in [5.74, 6) is -1.16. The first kappa shape index (κ1) is 15.7. The van der Waals surface area contributed by atoms with E-state index in [1.54, 1.807) is 24.3 Å². The molecule has 5 heteroatoms. The summed E-state index contributed by atoms with van der Waals surface area (Å²) in [6.45, 7) is 1.38. The lowest BCUT2D eigenvalue weighted by Crippen LogP contribution is -2.08. The van der Waals surface area contributed by atoms with Crippen molar-refractivity contribution in [2.24, 2.45) is 0 Å². The van der Waals surface area contributed by atoms with Gasteiger partial charge in [-0.05, 0) is 25.1 Å². The molecule has 4 nitrogen and oxygen atoms in total. The molecule has 2 aromatic carbocycles. The molecule has 0 unspecified atom stereocenters. The molecule has 22 heavy (non-hydrogen) atoms. The summed E-state index contributed by atoms with van der Waals surface area (Å²) in [7, 11) is 1.30. The SMILES string of the molecule is COC(=O)c1ccccc1COc1ccc(C(C)=O)c(F)c1. The fourth-order valence-electron chi connectivity index (χ4n) is 1.99. The number of halogens is 1. The van der Waals surface area contributed by atoms with E-state index in [0.29, 0.717) is 11.1 Å². The molecule has 2 aromatic rings. The zero-order chi connectivity index (χ0) is 16.1. The predicted molar refractivity (Wildman–Crippen MR) is 78.5 cm³/mol. The number of hydrogen-bond acceptors (Lipinski definition) is 4. The second-order valence-electron chi connectivity index (χ2n) is 4.64. The van der Waals surface area contributed by atoms with Crippen LogP contribution in [0.5, 0.6) is 5.75 Å². The molecular formula is C17H15FO4. The lowest BCUT2D eigenvalue weighted by Gasteiger charge is -2.10. The first-order valence-corrected chi connectivity index (χ1v) is 6.62. The fourth-order valence-corrected chi connectivity index (χ4v) is 1.99. The van der Waals surface area contributed by atoms with Crippen LogP contribution < -0.4 is 4.74 Å². The highest BCUT2D eigenvalue weighted by Gasteiger charge is 2.12. The lowest BCUT2D eigenvalue weighted by atomic mass is 10.1. The maximum absolute atomic E-state index is 13.7. The Morgan fingerprint density at radius 2 is 1.82 bits per heavy atom. The van der Waals surface area contributed by atoms with Crippen molar-refractivity contribution in [1.29, 1.82) is 0 Å². The number of ether oxygens (including phenoxy) is 2. The molecule has 0 radical (unpaired) electrons. The van der Waals surface area contributed by atoms with Crippen LogP contribution in [0.15, 0.2) is 42.5 Å². The normalized spacial score (nSPS) is 10.1. The molecule has 0 amide bonds. The van der Waals surface area contributed by atoms with Gasteiger partial charge in [0.2, 0.25) is 0 Å². The minimum atomic E-state index is -0.633. The highest BCUT2D eigenvalue weighted by Crippen LogP contribution is 2.19. The Hall–Kier alpha value is -2.69. The van der Waals surface area contributed by atoms with Crippen molar-refractivity contribution < 1.29 is 23.5 Å². The van der Waals surface area contributed by atoms with Crippen LogP contribution in [0.3, 0.4) is 0 Å². The highest BCUT2D eigenvalue weighted by molar-refractivity contribution is 5.94. The van der Waals surface area contributed by atoms with Crippen molar-refractivity contribution in [3.05, 3.63) is 65.0 Å². The van der Waals surface area contributed by atoms with Gasteiger partial charge in [-0.3, -0.25) is 4.79 Å². The summed E-state index contributed by atoms with van der Waals surface area (Å²) < 4.78 is 23.9. The second-order valence-corrected chi connectivity index (χ2v) is 4.64. The summed E-state index contributed by atoms with van der Waals surface area (Å²) in [6, 6.07) is 10.9. The molecule has 0 fully saturated rings. The van der Waals surface area contributed by atoms with E-state index in [1.165, 1.54) is 26.2 Å². The average molecular weight is 302 g/mol. The Balaban J connectivity index is 2.16. The number of Topliss-reactive ketones (excluding diaryl/α,β-unsaturated/α-hetero) is 1. The molecular weight excluding hydrogens is 287 g/mol. The van der Waals surface area contributed by atoms with Gasteiger partial charge in [0.25, 0.3) is 0 Å². The van der Waals surface area contributed by atoms with Crippen LogP contribution in [0.2, 0.25) is 0 Å². The standard InChI is InChI=1S/C17H15FO4/c1-11(19)14-8-7-13(9-16(14)18)22-10-12-5-3-4-6-15(12)17(20)21-2/h3-9H,10H2,1-2H3. The lowest BCUT2D eigenvalue weighted by molar-refractivity contribution is 0.0597. The number of methoxy groups -OCH3 is 1. The predicted octanol–water partition coefficient (Wildman–Crippen LogP) is 3.39. The number of carbonyl (C=O) groups excluding carboxylic acids is 2. The van der Waals surface area contributed by atoms with Gasteiger partial charge in [-0.25, -0.2) is 9.18 Å². The van der Waals surface area contributed by atoms with Gasteiger partial charge in [-0.15, -0.1) is 0 Å². The minimum Gasteiger partial charge on any atom is -0.489 e. The maximum atomic E-state index is 13.7. The maximum Gasteiger partial charge on any atom is 0.338 e. The van der Waals surface area contributed by atoms with Crippen molar-refractivity contribution >= 4 is 11.8 Å². The van der Waals surface area contributed by atoms with Crippen molar-refractivity contribution in [2.45, 2.75) is 13.5 Å². The molecule has 0 atom stereocenters. The summed E-state index contributed by atoms with van der Waals surface area (Å²) in [4.78, 5) is 22.8. The fraction of sp³-hybridized carbons (Fsp3) is 0.176. The van der Waals surface area contributed by atoms with Crippen LogP contribution in [-0.4, -0.2) is 18.9 Å². The quantitative estimate of drug-likeness (QED) is 0.627. The monoisotopic (exact) mass is 302 g/mol. The van der Waals surface area contributed by atoms with Gasteiger partial charge in [0, 0.05) is 11.6 Å². The molecule has 0 spiro atoms. The Bertz CT molecular complexity index is 710. The third kappa shape index (κ3) is 3.49. The first-order valence-electron chi connectivity index (χ1n) is 6.62. The van der Waals surface area contributed by atoms with Crippen LogP contribution in [-0.2, 0) is 11.3 Å². The van der Waals surface area contributed by atoms with Crippen molar-refractivity contribution in [3.8, 4) is 5.75 Å². The van der Waals surface area contributed by atoms with Gasteiger partial charge in [-0.1, -0.05) is 18.2 Å². The first-order chi connectivity index (χ1) is 10.5. The third-order valence-electron chi connectivity index (χ3n) is 3.14. The van der Waals surface area contributed by atoms with E-state index in [2.05, 4.69) is 0 Å². The molecule has 0 N–H and O–H groups in total. The van der Waals surface area contributed by atoms with Gasteiger partial charge >= 0.3 is 5.97 Å². The third-order valence-corrected chi connectivity index (χ3v) is 3.14. The van der Waals surface area contributed by atoms with Crippen LogP contribution in [0.1, 0.15) is 33.2 Å². The van der Waals surface area contributed by atoms with E-state index < -0.39 is 11.8 Å². The average Bonchev–Trinajstić information content (AvgIpc) is 2.52. The van der Waals surface area contributed by atoms with Gasteiger partial charge < -0.3 is 9.47 Å². The number of hydrogen-bond donors (Lipinski definition) is 0. The summed E-state index contributed by atoms with van der Waals surface area (Å²) >= 11 is 0. The van der Waals surface area contributed by atoms with E-state index in [4.69, 9.17) is 9.47 Å². The van der Waals surface area contributed by atoms with E-state index in [-0.39, 0.29) is 23.7 Å². The molecule has 0 heterocycles. The summed E-state index contributed by atoms with van der Waals surface area (Å²) in [5.41, 5.74) is 1.04. The molecule has 0 aliphatic heterocycles. The van der Waals surface area contributed by atoms with Gasteiger partial charge in [0.05, 0.1) is 18.2 Å². The second kappa shape index (κ2) is 6.85. The Morgan fingerprint density at radius 3 is 2.45 bits per heavy atom. The number of rotatable bonds is 5. The molecule has 0 aromatic heterocycles. The van der Waals surface area contributed by atoms with Crippen LogP contribution in [0.4, 0.5) is 4.39 Å². The van der Waals surface area contributed by atoms with Crippen molar-refractivity contribution in [2.75, 3.05) is 7.11 Å². The molecule has 2 rings (SSSR count). The molecule has 0 aliphatic carbocycles. The number of ketones is 1. The molecule has 0 bridgehead atoms. The highest BCUT2D eigenvalue weighted by atomic mass is 19.1. The van der Waals surface area contributed by atoms with Crippen LogP contribution in [0.25, 0.3) is 0 Å². The van der Waals surface area contributed by atoms with E-state index >= 15 is 0 Å². The van der Waals surface area contributed by atoms with Gasteiger partial charge in [0.1, 0.15) is 18.2 Å². The minimum absolute atomic E-state index is 0.0160. The number of esters is 1. The number of benzene rings is 2. The Labute approximate surface area is 127 Å². The largest absolute Gasteiger partial charge is 0.489 e. The zero-order valence-corrected chi connectivity index (χ0v) is 12.3. The zero-order valence-electron chi connectivity index (χ0n) is 12.3.